The maximum Gasteiger partial charge on any atom is 0.248 e. The number of nitrogens with one attached hydrogen (secondary N) is 1. The third-order valence-electron chi connectivity index (χ3n) is 2.89. The molecule has 1 amide bonds. The van der Waals surface area contributed by atoms with Crippen LogP contribution in [0, 0.1) is 6.92 Å². The monoisotopic (exact) mass is 301 g/mol. The van der Waals surface area contributed by atoms with Crippen molar-refractivity contribution in [2.75, 3.05) is 12.4 Å². The van der Waals surface area contributed by atoms with Gasteiger partial charge in [0, 0.05) is 11.1 Å². The molecule has 4 heteroatoms. The number of ether oxygens (including phenoxy) is 1. The molecule has 21 heavy (non-hydrogen) atoms. The number of anilines is 1. The SMILES string of the molecule is COc1ccc(C)cc1NC(=O)C=Cc1cccc(Cl)c1. The molecule has 2 aromatic rings. The van der Waals surface area contributed by atoms with E-state index in [-0.39, 0.29) is 5.91 Å². The Balaban J connectivity index is 2.10. The van der Waals surface area contributed by atoms with Gasteiger partial charge in [-0.05, 0) is 48.4 Å². The number of benzene rings is 2. The summed E-state index contributed by atoms with van der Waals surface area (Å²) in [5.74, 6) is 0.406. The van der Waals surface area contributed by atoms with E-state index in [1.165, 1.54) is 6.08 Å². The summed E-state index contributed by atoms with van der Waals surface area (Å²) >= 11 is 5.90. The van der Waals surface area contributed by atoms with Gasteiger partial charge in [0.15, 0.2) is 0 Å². The second-order valence-electron chi connectivity index (χ2n) is 4.58. The first-order valence-corrected chi connectivity index (χ1v) is 6.85. The lowest BCUT2D eigenvalue weighted by atomic mass is 10.2. The van der Waals surface area contributed by atoms with Crippen LogP contribution in [0.2, 0.25) is 5.02 Å². The second-order valence-corrected chi connectivity index (χ2v) is 5.02. The number of hydrogen-bond acceptors (Lipinski definition) is 2. The third kappa shape index (κ3) is 4.36. The molecule has 0 heterocycles. The van der Waals surface area contributed by atoms with Crippen LogP contribution in [0.5, 0.6) is 5.75 Å². The summed E-state index contributed by atoms with van der Waals surface area (Å²) in [4.78, 5) is 12.0. The number of aryl methyl sites for hydroxylation is 1. The Labute approximate surface area is 129 Å². The van der Waals surface area contributed by atoms with Gasteiger partial charge in [0.2, 0.25) is 5.91 Å². The molecule has 0 aliphatic rings. The number of carbonyl (C=O) groups excluding carboxylic acids is 1. The molecule has 0 spiro atoms. The average Bonchev–Trinajstić information content (AvgIpc) is 2.45. The summed E-state index contributed by atoms with van der Waals surface area (Å²) in [5, 5.41) is 3.44. The van der Waals surface area contributed by atoms with E-state index in [0.29, 0.717) is 16.5 Å². The maximum absolute atomic E-state index is 12.0. The van der Waals surface area contributed by atoms with Crippen molar-refractivity contribution in [3.63, 3.8) is 0 Å². The van der Waals surface area contributed by atoms with Gasteiger partial charge in [-0.1, -0.05) is 29.8 Å². The molecule has 0 unspecified atom stereocenters. The number of methoxy groups -OCH3 is 1. The first-order chi connectivity index (χ1) is 10.1. The lowest BCUT2D eigenvalue weighted by molar-refractivity contribution is -0.111. The summed E-state index contributed by atoms with van der Waals surface area (Å²) in [6.45, 7) is 1.96. The van der Waals surface area contributed by atoms with Crippen molar-refractivity contribution in [2.45, 2.75) is 6.92 Å². The van der Waals surface area contributed by atoms with Crippen LogP contribution in [0.25, 0.3) is 6.08 Å². The van der Waals surface area contributed by atoms with Crippen molar-refractivity contribution in [3.05, 3.63) is 64.7 Å². The number of amides is 1. The lowest BCUT2D eigenvalue weighted by Crippen LogP contribution is -2.09. The van der Waals surface area contributed by atoms with E-state index < -0.39 is 0 Å². The predicted octanol–water partition coefficient (Wildman–Crippen LogP) is 4.31. The van der Waals surface area contributed by atoms with E-state index in [0.717, 1.165) is 11.1 Å². The van der Waals surface area contributed by atoms with E-state index in [2.05, 4.69) is 5.32 Å². The summed E-state index contributed by atoms with van der Waals surface area (Å²) in [6.07, 6.45) is 3.18. The first kappa shape index (κ1) is 15.1. The molecule has 0 fully saturated rings. The molecule has 0 aliphatic heterocycles. The molecule has 0 aromatic heterocycles. The number of halogens is 1. The molecule has 0 bridgehead atoms. The zero-order valence-corrected chi connectivity index (χ0v) is 12.6. The summed E-state index contributed by atoms with van der Waals surface area (Å²) in [6, 6.07) is 12.9. The van der Waals surface area contributed by atoms with Gasteiger partial charge in [-0.25, -0.2) is 0 Å². The van der Waals surface area contributed by atoms with E-state index >= 15 is 0 Å². The molecule has 2 aromatic carbocycles. The Morgan fingerprint density at radius 1 is 1.24 bits per heavy atom. The molecular weight excluding hydrogens is 286 g/mol. The zero-order valence-electron chi connectivity index (χ0n) is 11.9. The number of hydrogen-bond donors (Lipinski definition) is 1. The second kappa shape index (κ2) is 6.95. The number of carbonyl (C=O) groups is 1. The maximum atomic E-state index is 12.0. The summed E-state index contributed by atoms with van der Waals surface area (Å²) in [7, 11) is 1.57. The van der Waals surface area contributed by atoms with Gasteiger partial charge < -0.3 is 10.1 Å². The fourth-order valence-corrected chi connectivity index (χ4v) is 2.07. The molecule has 0 saturated carbocycles. The topological polar surface area (TPSA) is 38.3 Å². The fourth-order valence-electron chi connectivity index (χ4n) is 1.88. The van der Waals surface area contributed by atoms with Crippen molar-refractivity contribution >= 4 is 29.3 Å². The number of rotatable bonds is 4. The molecule has 0 aliphatic carbocycles. The minimum Gasteiger partial charge on any atom is -0.495 e. The first-order valence-electron chi connectivity index (χ1n) is 6.48. The predicted molar refractivity (Wildman–Crippen MR) is 86.8 cm³/mol. The van der Waals surface area contributed by atoms with Crippen molar-refractivity contribution in [2.24, 2.45) is 0 Å². The molecule has 108 valence electrons. The molecular formula is C17H16ClNO2. The summed E-state index contributed by atoms with van der Waals surface area (Å²) in [5.41, 5.74) is 2.57. The lowest BCUT2D eigenvalue weighted by Gasteiger charge is -2.09. The van der Waals surface area contributed by atoms with Crippen LogP contribution >= 0.6 is 11.6 Å². The van der Waals surface area contributed by atoms with Gasteiger partial charge in [0.05, 0.1) is 12.8 Å². The smallest absolute Gasteiger partial charge is 0.248 e. The average molecular weight is 302 g/mol. The quantitative estimate of drug-likeness (QED) is 0.855. The van der Waals surface area contributed by atoms with E-state index in [1.54, 1.807) is 25.3 Å². The highest BCUT2D eigenvalue weighted by molar-refractivity contribution is 6.30. The standard InChI is InChI=1S/C17H16ClNO2/c1-12-6-8-16(21-2)15(10-12)19-17(20)9-7-13-4-3-5-14(18)11-13/h3-11H,1-2H3,(H,19,20). The molecule has 0 radical (unpaired) electrons. The van der Waals surface area contributed by atoms with Crippen molar-refractivity contribution in [1.29, 1.82) is 0 Å². The normalized spacial score (nSPS) is 10.6. The largest absolute Gasteiger partial charge is 0.495 e. The van der Waals surface area contributed by atoms with Gasteiger partial charge in [-0.3, -0.25) is 4.79 Å². The van der Waals surface area contributed by atoms with E-state index in [1.807, 2.05) is 37.3 Å². The molecule has 2 rings (SSSR count). The minimum absolute atomic E-state index is 0.223. The van der Waals surface area contributed by atoms with Gasteiger partial charge >= 0.3 is 0 Å². The minimum atomic E-state index is -0.223. The Hall–Kier alpha value is -2.26. The third-order valence-corrected chi connectivity index (χ3v) is 3.12. The van der Waals surface area contributed by atoms with Gasteiger partial charge in [0.25, 0.3) is 0 Å². The fraction of sp³-hybridized carbons (Fsp3) is 0.118. The molecule has 0 atom stereocenters. The van der Waals surface area contributed by atoms with Crippen LogP contribution in [0.15, 0.2) is 48.5 Å². The highest BCUT2D eigenvalue weighted by atomic mass is 35.5. The highest BCUT2D eigenvalue weighted by Crippen LogP contribution is 2.25. The van der Waals surface area contributed by atoms with Crippen molar-refractivity contribution in [3.8, 4) is 5.75 Å². The van der Waals surface area contributed by atoms with E-state index in [9.17, 15) is 4.79 Å². The Kier molecular flexibility index (Phi) is 5.01. The van der Waals surface area contributed by atoms with Crippen LogP contribution in [0.4, 0.5) is 5.69 Å². The molecule has 0 saturated heterocycles. The highest BCUT2D eigenvalue weighted by Gasteiger charge is 2.05. The van der Waals surface area contributed by atoms with Crippen molar-refractivity contribution in [1.82, 2.24) is 0 Å². The van der Waals surface area contributed by atoms with Crippen LogP contribution in [-0.4, -0.2) is 13.0 Å². The zero-order chi connectivity index (χ0) is 15.2. The van der Waals surface area contributed by atoms with Crippen LogP contribution in [-0.2, 0) is 4.79 Å². The van der Waals surface area contributed by atoms with Crippen LogP contribution in [0.1, 0.15) is 11.1 Å². The Bertz CT molecular complexity index is 680. The van der Waals surface area contributed by atoms with Gasteiger partial charge in [-0.2, -0.15) is 0 Å². The van der Waals surface area contributed by atoms with Gasteiger partial charge in [-0.15, -0.1) is 0 Å². The van der Waals surface area contributed by atoms with Crippen LogP contribution < -0.4 is 10.1 Å². The molecule has 1 N–H and O–H groups in total. The molecule has 3 nitrogen and oxygen atoms in total. The van der Waals surface area contributed by atoms with Crippen LogP contribution in [0.3, 0.4) is 0 Å². The Morgan fingerprint density at radius 3 is 2.76 bits per heavy atom. The van der Waals surface area contributed by atoms with Crippen molar-refractivity contribution < 1.29 is 9.53 Å². The summed E-state index contributed by atoms with van der Waals surface area (Å²) < 4.78 is 5.22. The Morgan fingerprint density at radius 2 is 2.05 bits per heavy atom. The van der Waals surface area contributed by atoms with Gasteiger partial charge in [0.1, 0.15) is 5.75 Å². The van der Waals surface area contributed by atoms with E-state index in [4.69, 9.17) is 16.3 Å².